The van der Waals surface area contributed by atoms with Gasteiger partial charge in [-0.2, -0.15) is 0 Å². The van der Waals surface area contributed by atoms with Gasteiger partial charge in [0.1, 0.15) is 6.04 Å². The van der Waals surface area contributed by atoms with Gasteiger partial charge in [-0.1, -0.05) is 11.6 Å². The number of carbonyl (C=O) groups is 2. The van der Waals surface area contributed by atoms with Crippen molar-refractivity contribution in [2.45, 2.75) is 38.1 Å². The zero-order valence-electron chi connectivity index (χ0n) is 13.2. The number of unbranched alkanes of at least 4 members (excludes halogenated alkanes) is 3. The molecule has 0 aliphatic carbocycles. The van der Waals surface area contributed by atoms with Gasteiger partial charge in [0.15, 0.2) is 0 Å². The lowest BCUT2D eigenvalue weighted by Gasteiger charge is -2.16. The van der Waals surface area contributed by atoms with Crippen molar-refractivity contribution >= 4 is 29.2 Å². The van der Waals surface area contributed by atoms with Crippen LogP contribution >= 0.6 is 11.6 Å². The van der Waals surface area contributed by atoms with Crippen LogP contribution in [0.2, 0.25) is 5.02 Å². The van der Waals surface area contributed by atoms with Crippen molar-refractivity contribution in [3.8, 4) is 0 Å². The van der Waals surface area contributed by atoms with Crippen LogP contribution in [0.3, 0.4) is 0 Å². The normalized spacial score (nSPS) is 11.9. The van der Waals surface area contributed by atoms with Gasteiger partial charge in [-0.05, 0) is 49.9 Å². The minimum Gasteiger partial charge on any atom is -0.544 e. The molecule has 1 rings (SSSR count). The second kappa shape index (κ2) is 11.0. The van der Waals surface area contributed by atoms with Gasteiger partial charge in [0.05, 0.1) is 25.5 Å². The highest BCUT2D eigenvalue weighted by atomic mass is 35.5. The first-order valence-electron chi connectivity index (χ1n) is 7.91. The Morgan fingerprint density at radius 2 is 1.83 bits per heavy atom. The van der Waals surface area contributed by atoms with Gasteiger partial charge in [-0.15, -0.1) is 0 Å². The Morgan fingerprint density at radius 3 is 2.43 bits per heavy atom. The van der Waals surface area contributed by atoms with Crippen LogP contribution in [0, 0.1) is 0 Å². The van der Waals surface area contributed by atoms with Crippen molar-refractivity contribution in [2.24, 2.45) is 0 Å². The maximum Gasteiger partial charge on any atom is 0.230 e. The van der Waals surface area contributed by atoms with E-state index in [1.54, 1.807) is 29.6 Å². The number of halogens is 1. The van der Waals surface area contributed by atoms with Gasteiger partial charge >= 0.3 is 0 Å². The summed E-state index contributed by atoms with van der Waals surface area (Å²) < 4.78 is 0. The van der Waals surface area contributed by atoms with Crippen LogP contribution in [-0.2, 0) is 9.59 Å². The summed E-state index contributed by atoms with van der Waals surface area (Å²) in [4.78, 5) is 23.1. The number of hydrogen-bond acceptors (Lipinski definition) is 3. The van der Waals surface area contributed by atoms with Crippen molar-refractivity contribution in [1.82, 2.24) is 0 Å². The van der Waals surface area contributed by atoms with Crippen LogP contribution in [0.5, 0.6) is 0 Å². The number of nitrogens with one attached hydrogen (secondary N) is 1. The summed E-state index contributed by atoms with van der Waals surface area (Å²) in [5.74, 6) is -1.57. The Labute approximate surface area is 141 Å². The van der Waals surface area contributed by atoms with E-state index in [-0.39, 0.29) is 12.3 Å². The van der Waals surface area contributed by atoms with E-state index >= 15 is 0 Å². The number of amides is 1. The maximum absolute atomic E-state index is 11.9. The third-order valence-electron chi connectivity index (χ3n) is 3.49. The Morgan fingerprint density at radius 1 is 1.17 bits per heavy atom. The fraction of sp³-hybridized carbons (Fsp3) is 0.500. The number of carboxylic acids is 1. The topological polar surface area (TPSA) is 113 Å². The summed E-state index contributed by atoms with van der Waals surface area (Å²) in [5, 5.41) is 16.0. The summed E-state index contributed by atoms with van der Waals surface area (Å²) >= 11 is 5.77. The summed E-state index contributed by atoms with van der Waals surface area (Å²) in [6.45, 7) is 1.60. The van der Waals surface area contributed by atoms with E-state index in [9.17, 15) is 14.7 Å². The number of hydrogen-bond donors (Lipinski definition) is 3. The summed E-state index contributed by atoms with van der Waals surface area (Å²) in [5.41, 5.74) is 4.37. The molecule has 1 aromatic rings. The molecule has 23 heavy (non-hydrogen) atoms. The monoisotopic (exact) mass is 342 g/mol. The van der Waals surface area contributed by atoms with Crippen LogP contribution in [0.25, 0.3) is 0 Å². The molecule has 7 heteroatoms. The molecule has 6 nitrogen and oxygen atoms in total. The van der Waals surface area contributed by atoms with E-state index in [1.165, 1.54) is 0 Å². The van der Waals surface area contributed by atoms with Crippen molar-refractivity contribution in [1.29, 1.82) is 0 Å². The average Bonchev–Trinajstić information content (AvgIpc) is 2.51. The zero-order chi connectivity index (χ0) is 17.1. The molecular weight excluding hydrogens is 318 g/mol. The summed E-state index contributed by atoms with van der Waals surface area (Å²) in [7, 11) is 0. The van der Waals surface area contributed by atoms with Crippen LogP contribution in [0.15, 0.2) is 24.3 Å². The first-order valence-corrected chi connectivity index (χ1v) is 8.29. The predicted molar refractivity (Wildman–Crippen MR) is 86.5 cm³/mol. The first kappa shape index (κ1) is 19.4. The number of carbonyl (C=O) groups excluding carboxylic acids is 2. The molecule has 1 aromatic carbocycles. The van der Waals surface area contributed by atoms with E-state index < -0.39 is 12.0 Å². The number of nitrogens with two attached hydrogens (primary N) is 1. The predicted octanol–water partition coefficient (Wildman–Crippen LogP) is -0.847. The van der Waals surface area contributed by atoms with Crippen molar-refractivity contribution in [3.63, 3.8) is 0 Å². The van der Waals surface area contributed by atoms with Crippen LogP contribution in [-0.4, -0.2) is 31.0 Å². The van der Waals surface area contributed by atoms with Crippen LogP contribution in [0.4, 0.5) is 5.69 Å². The molecule has 0 aromatic heterocycles. The average molecular weight is 343 g/mol. The molecule has 1 atom stereocenters. The number of quaternary nitrogens is 2. The van der Waals surface area contributed by atoms with Gasteiger partial charge in [-0.3, -0.25) is 4.79 Å². The SMILES string of the molecule is [NH3+]CCCCCC[NH2+][C@@H](CC(=O)Nc1ccc(Cl)cc1)C(=O)[O-]. The van der Waals surface area contributed by atoms with E-state index in [4.69, 9.17) is 11.6 Å². The van der Waals surface area contributed by atoms with E-state index in [1.807, 2.05) is 0 Å². The zero-order valence-corrected chi connectivity index (χ0v) is 14.0. The fourth-order valence-corrected chi connectivity index (χ4v) is 2.33. The highest BCUT2D eigenvalue weighted by Crippen LogP contribution is 2.13. The molecule has 6 N–H and O–H groups in total. The molecule has 0 saturated heterocycles. The molecule has 0 spiro atoms. The largest absolute Gasteiger partial charge is 0.544 e. The van der Waals surface area contributed by atoms with Crippen LogP contribution < -0.4 is 21.5 Å². The highest BCUT2D eigenvalue weighted by Gasteiger charge is 2.18. The van der Waals surface area contributed by atoms with Gasteiger partial charge in [0, 0.05) is 10.7 Å². The van der Waals surface area contributed by atoms with Crippen molar-refractivity contribution in [3.05, 3.63) is 29.3 Å². The lowest BCUT2D eigenvalue weighted by molar-refractivity contribution is -0.682. The lowest BCUT2D eigenvalue weighted by atomic mass is 10.1. The van der Waals surface area contributed by atoms with E-state index in [2.05, 4.69) is 11.1 Å². The fourth-order valence-electron chi connectivity index (χ4n) is 2.20. The van der Waals surface area contributed by atoms with Gasteiger partial charge in [0.25, 0.3) is 0 Å². The van der Waals surface area contributed by atoms with Gasteiger partial charge in [-0.25, -0.2) is 0 Å². The van der Waals surface area contributed by atoms with Gasteiger partial charge in [0.2, 0.25) is 5.91 Å². The molecule has 0 aliphatic rings. The third kappa shape index (κ3) is 8.54. The summed E-state index contributed by atoms with van der Waals surface area (Å²) in [6, 6.07) is 5.79. The smallest absolute Gasteiger partial charge is 0.230 e. The van der Waals surface area contributed by atoms with Crippen molar-refractivity contribution in [2.75, 3.05) is 18.4 Å². The number of benzene rings is 1. The number of anilines is 1. The van der Waals surface area contributed by atoms with Crippen LogP contribution in [0.1, 0.15) is 32.1 Å². The molecule has 0 fully saturated rings. The van der Waals surface area contributed by atoms with Crippen molar-refractivity contribution < 1.29 is 25.7 Å². The van der Waals surface area contributed by atoms with Gasteiger partial charge < -0.3 is 26.3 Å². The minimum atomic E-state index is -1.21. The molecule has 0 radical (unpaired) electrons. The first-order chi connectivity index (χ1) is 11.0. The number of carboxylic acid groups (broad SMARTS) is 1. The highest BCUT2D eigenvalue weighted by molar-refractivity contribution is 6.30. The third-order valence-corrected chi connectivity index (χ3v) is 3.74. The molecular formula is C16H25ClN3O3+. The second-order valence-corrected chi connectivity index (χ2v) is 5.91. The minimum absolute atomic E-state index is 0.121. The Balaban J connectivity index is 2.35. The summed E-state index contributed by atoms with van der Waals surface area (Å²) in [6.07, 6.45) is 4.03. The lowest BCUT2D eigenvalue weighted by Crippen LogP contribution is -2.93. The Bertz CT molecular complexity index is 494. The molecule has 0 aliphatic heterocycles. The molecule has 0 saturated carbocycles. The molecule has 0 bridgehead atoms. The molecule has 1 amide bonds. The molecule has 0 unspecified atom stereocenters. The molecule has 128 valence electrons. The maximum atomic E-state index is 11.9. The second-order valence-electron chi connectivity index (χ2n) is 5.48. The standard InChI is InChI=1S/C16H24ClN3O3/c17-12-5-7-13(8-6-12)20-15(21)11-14(16(22)23)19-10-4-2-1-3-9-18/h5-8,14,19H,1-4,9-11,18H2,(H,20,21)(H,22,23)/p+1/t14-/m0/s1. The van der Waals surface area contributed by atoms with E-state index in [0.29, 0.717) is 17.3 Å². The Kier molecular flexibility index (Phi) is 9.28. The molecule has 0 heterocycles. The van der Waals surface area contributed by atoms with E-state index in [0.717, 1.165) is 32.2 Å². The number of rotatable bonds is 11. The quantitative estimate of drug-likeness (QED) is 0.455. The number of aliphatic carboxylic acids is 1. The Hall–Kier alpha value is -1.63.